The molecule has 0 amide bonds. The first-order chi connectivity index (χ1) is 55.2. The number of nitrogens with two attached hydrogens (primary N) is 3. The molecule has 0 saturated carbocycles. The molecule has 13 aromatic rings. The quantitative estimate of drug-likeness (QED) is 0.0286. The molecular formula is C80H81Br4Cl3F4N16O8. The van der Waals surface area contributed by atoms with Gasteiger partial charge in [-0.3, -0.25) is 16.1 Å². The summed E-state index contributed by atoms with van der Waals surface area (Å²) < 4.78 is 101. The molecule has 115 heavy (non-hydrogen) atoms. The van der Waals surface area contributed by atoms with E-state index in [-0.39, 0.29) is 50.6 Å². The SMILES string of the molecule is Brc1cccc2c1COCCC2.CCOC(C)(OCC)OCC.Cc1nnc2nc(N3CCOCc4c(Br)cccc43)c3c(F)cccc3n12.Fc1cccc2nc(Cl)nc(Cl)c12.Fc1cccc2nc(Cl)nc(N3CCOCc4c(Br)cccc43)c12.NCc1nc(N2CCOCc3c(Br)cccc32)c2c(F)cccc2n1.NN.O. The van der Waals surface area contributed by atoms with E-state index in [2.05, 4.69) is 139 Å². The zero-order valence-electron chi connectivity index (χ0n) is 62.9. The Bertz CT molecular complexity index is 5520. The fraction of sp³-hybridized carbons (Fsp3) is 0.287. The van der Waals surface area contributed by atoms with Crippen molar-refractivity contribution in [2.45, 2.75) is 86.4 Å². The summed E-state index contributed by atoms with van der Waals surface area (Å²) in [5.41, 5.74) is 16.5. The molecule has 8 N–H and O–H groups in total. The topological polar surface area (TPSA) is 304 Å². The molecule has 0 fully saturated rings. The highest BCUT2D eigenvalue weighted by Gasteiger charge is 2.30. The predicted molar refractivity (Wildman–Crippen MR) is 454 cm³/mol. The van der Waals surface area contributed by atoms with Gasteiger partial charge in [0.2, 0.25) is 10.6 Å². The lowest BCUT2D eigenvalue weighted by molar-refractivity contribution is -0.365. The van der Waals surface area contributed by atoms with Gasteiger partial charge in [0, 0.05) is 105 Å². The van der Waals surface area contributed by atoms with Crippen molar-refractivity contribution in [1.29, 1.82) is 0 Å². The number of ether oxygens (including phenoxy) is 7. The van der Waals surface area contributed by atoms with Crippen LogP contribution >= 0.6 is 98.5 Å². The molecule has 0 radical (unpaired) electrons. The fourth-order valence-electron chi connectivity index (χ4n) is 13.1. The number of aryl methyl sites for hydroxylation is 2. The lowest BCUT2D eigenvalue weighted by atomic mass is 10.0. The van der Waals surface area contributed by atoms with E-state index >= 15 is 0 Å². The Hall–Kier alpha value is -7.94. The maximum absolute atomic E-state index is 15.0. The van der Waals surface area contributed by atoms with E-state index in [0.717, 1.165) is 73.2 Å². The Morgan fingerprint density at radius 1 is 0.461 bits per heavy atom. The standard InChI is InChI=1S/C19H15BrFN5O.C18H16BrFN4O.C17H12BrClFN3O.C10H11BrO.C8H3Cl2FN2.C8H18O3.H4N2.H2O/c1-11-23-24-19-22-18(17-14(21)5-3-7-16(17)26(11)19)25-8-9-27-10-12-13(20)4-2-6-15(12)25;19-12-3-1-6-15-11(12)10-25-8-7-24(15)18-17-13(20)4-2-5-14(17)22-16(9-21)23-18;18-11-3-1-6-14-10(11)9-24-8-7-23(14)16-15-12(20)4-2-5-13(15)21-17(19)22-16;11-10-5-1-3-8-4-2-6-12-7-9(8)10;9-7-6-4(11)2-1-3-5(6)12-8(10)13-7;1-5-9-8(4,10-6-2)11-7-3;1-2;/h2-7H,8-10H2,1H3;1-6H,7-10,21H2;1-6H,7-9H2;1,3,5H,2,4,6-7H2;1-3H;5-7H2,1-4H3;1-2H2;1H2. The minimum atomic E-state index is -0.849. The van der Waals surface area contributed by atoms with Gasteiger partial charge in [-0.25, -0.2) is 42.5 Å². The van der Waals surface area contributed by atoms with Crippen LogP contribution in [0.4, 0.5) is 52.1 Å². The smallest absolute Gasteiger partial charge is 0.279 e. The van der Waals surface area contributed by atoms with Gasteiger partial charge in [-0.05, 0) is 166 Å². The number of halogens is 11. The third kappa shape index (κ3) is 21.3. The summed E-state index contributed by atoms with van der Waals surface area (Å²) in [6, 6.07) is 43.1. The Morgan fingerprint density at radius 2 is 0.852 bits per heavy atom. The maximum Gasteiger partial charge on any atom is 0.279 e. The van der Waals surface area contributed by atoms with Crippen molar-refractivity contribution in [3.05, 3.63) is 242 Å². The maximum atomic E-state index is 15.0. The van der Waals surface area contributed by atoms with Crippen molar-refractivity contribution < 1.29 is 56.2 Å². The van der Waals surface area contributed by atoms with Gasteiger partial charge in [-0.1, -0.05) is 130 Å². The highest BCUT2D eigenvalue weighted by Crippen LogP contribution is 2.42. The summed E-state index contributed by atoms with van der Waals surface area (Å²) in [6.07, 6.45) is 2.29. The first-order valence-electron chi connectivity index (χ1n) is 36.0. The molecule has 8 aromatic carbocycles. The van der Waals surface area contributed by atoms with Gasteiger partial charge in [-0.15, -0.1) is 10.2 Å². The van der Waals surface area contributed by atoms with E-state index in [9.17, 15) is 17.6 Å². The van der Waals surface area contributed by atoms with Crippen molar-refractivity contribution in [2.24, 2.45) is 17.4 Å². The van der Waals surface area contributed by atoms with Crippen LogP contribution in [-0.2, 0) is 72.6 Å². The van der Waals surface area contributed by atoms with Crippen molar-refractivity contribution in [3.63, 3.8) is 0 Å². The molecule has 606 valence electrons. The predicted octanol–water partition coefficient (Wildman–Crippen LogP) is 18.4. The number of anilines is 6. The second-order valence-corrected chi connectivity index (χ2v) is 29.6. The van der Waals surface area contributed by atoms with Gasteiger partial charge in [0.05, 0.1) is 96.4 Å². The van der Waals surface area contributed by atoms with Crippen molar-refractivity contribution in [2.75, 3.05) is 80.6 Å². The first-order valence-corrected chi connectivity index (χ1v) is 40.3. The van der Waals surface area contributed by atoms with Crippen LogP contribution < -0.4 is 32.1 Å². The average Bonchev–Trinajstić information content (AvgIpc) is 1.71. The van der Waals surface area contributed by atoms with E-state index in [4.69, 9.17) is 73.7 Å². The number of benzene rings is 8. The number of hydrogen-bond donors (Lipinski definition) is 3. The number of aromatic nitrogens is 10. The van der Waals surface area contributed by atoms with Gasteiger partial charge in [0.15, 0.2) is 0 Å². The van der Waals surface area contributed by atoms with Gasteiger partial charge >= 0.3 is 0 Å². The highest BCUT2D eigenvalue weighted by atomic mass is 79.9. The van der Waals surface area contributed by atoms with E-state index in [1.807, 2.05) is 103 Å². The van der Waals surface area contributed by atoms with Gasteiger partial charge in [-0.2, -0.15) is 9.97 Å². The molecule has 24 nitrogen and oxygen atoms in total. The van der Waals surface area contributed by atoms with Crippen LogP contribution in [0.5, 0.6) is 0 Å². The van der Waals surface area contributed by atoms with E-state index in [1.165, 1.54) is 45.9 Å². The van der Waals surface area contributed by atoms with E-state index in [0.29, 0.717) is 152 Å². The molecule has 9 heterocycles. The van der Waals surface area contributed by atoms with E-state index in [1.54, 1.807) is 47.7 Å². The average molecular weight is 1900 g/mol. The lowest BCUT2D eigenvalue weighted by Crippen LogP contribution is -2.35. The number of hydrogen-bond acceptors (Lipinski definition) is 22. The minimum Gasteiger partial charge on any atom is -0.412 e. The largest absolute Gasteiger partial charge is 0.412 e. The molecule has 0 atom stereocenters. The van der Waals surface area contributed by atoms with Crippen LogP contribution in [0.25, 0.3) is 49.4 Å². The second-order valence-electron chi connectivity index (χ2n) is 25.1. The molecule has 17 rings (SSSR count). The molecule has 0 saturated heterocycles. The van der Waals surface area contributed by atoms with Crippen LogP contribution in [0.2, 0.25) is 15.7 Å². The Balaban J connectivity index is 0.000000150. The number of rotatable bonds is 10. The minimum absolute atomic E-state index is 0. The van der Waals surface area contributed by atoms with Crippen LogP contribution in [0, 0.1) is 30.2 Å². The molecule has 35 heteroatoms. The van der Waals surface area contributed by atoms with Crippen molar-refractivity contribution >= 4 is 182 Å². The monoisotopic (exact) mass is 1890 g/mol. The second kappa shape index (κ2) is 42.5. The molecular weight excluding hydrogens is 1810 g/mol. The molecule has 4 aliphatic heterocycles. The molecule has 0 unspecified atom stereocenters. The lowest BCUT2D eigenvalue weighted by Gasteiger charge is -2.27. The zero-order valence-corrected chi connectivity index (χ0v) is 71.6. The number of fused-ring (bicyclic) bond motifs is 10. The summed E-state index contributed by atoms with van der Waals surface area (Å²) in [4.78, 5) is 35.5. The van der Waals surface area contributed by atoms with E-state index < -0.39 is 11.8 Å². The van der Waals surface area contributed by atoms with Crippen molar-refractivity contribution in [1.82, 2.24) is 49.5 Å². The van der Waals surface area contributed by atoms with Gasteiger partial charge in [0.1, 0.15) is 57.5 Å². The third-order valence-electron chi connectivity index (χ3n) is 18.0. The number of nitrogens with zero attached hydrogens (tertiary/aromatic N) is 13. The van der Waals surface area contributed by atoms with Crippen LogP contribution in [0.1, 0.15) is 73.6 Å². The summed E-state index contributed by atoms with van der Waals surface area (Å²) in [5, 5.41) is 9.82. The normalized spacial score (nSPS) is 13.7. The molecule has 5 aromatic heterocycles. The fourth-order valence-corrected chi connectivity index (χ4v) is 15.7. The zero-order chi connectivity index (χ0) is 81.2. The summed E-state index contributed by atoms with van der Waals surface area (Å²) in [7, 11) is 0. The first kappa shape index (κ1) is 89.4. The van der Waals surface area contributed by atoms with Crippen LogP contribution in [0.15, 0.2) is 163 Å². The highest BCUT2D eigenvalue weighted by molar-refractivity contribution is 9.11. The van der Waals surface area contributed by atoms with Crippen LogP contribution in [-0.4, -0.2) is 127 Å². The van der Waals surface area contributed by atoms with Gasteiger partial charge < -0.3 is 59.1 Å². The van der Waals surface area contributed by atoms with Crippen LogP contribution in [0.3, 0.4) is 0 Å². The van der Waals surface area contributed by atoms with Gasteiger partial charge in [0.25, 0.3) is 11.8 Å². The Labute approximate surface area is 709 Å². The molecule has 4 aliphatic rings. The Morgan fingerprint density at radius 3 is 1.34 bits per heavy atom. The van der Waals surface area contributed by atoms with Crippen molar-refractivity contribution in [3.8, 4) is 0 Å². The summed E-state index contributed by atoms with van der Waals surface area (Å²) in [6.45, 7) is 17.6. The number of hydrazine groups is 1. The summed E-state index contributed by atoms with van der Waals surface area (Å²) >= 11 is 31.6. The summed E-state index contributed by atoms with van der Waals surface area (Å²) in [5.74, 6) is 8.75. The molecule has 0 spiro atoms. The third-order valence-corrected chi connectivity index (χ3v) is 21.6. The molecule has 0 bridgehead atoms. The Kier molecular flexibility index (Phi) is 33.0. The molecule has 0 aliphatic carbocycles.